The van der Waals surface area contributed by atoms with Gasteiger partial charge in [-0.2, -0.15) is 9.59 Å². The van der Waals surface area contributed by atoms with Gasteiger partial charge in [0, 0.05) is 0 Å². The van der Waals surface area contributed by atoms with Gasteiger partial charge in [0.15, 0.2) is 0 Å². The van der Waals surface area contributed by atoms with E-state index in [0.717, 1.165) is 0 Å². The molecule has 0 bridgehead atoms. The standard InChI is InChI=1S/C3H6O.CO2.3CH2O.CH2S/c1-3(2)4;2-1-3;4*1-2/h1-2H3;;4*1H2. The van der Waals surface area contributed by atoms with Gasteiger partial charge in [-0.3, -0.25) is 0 Å². The van der Waals surface area contributed by atoms with E-state index in [1.54, 1.807) is 0 Å². The molecular weight excluding hydrogens is 224 g/mol. The zero-order chi connectivity index (χ0) is 14.3. The van der Waals surface area contributed by atoms with Crippen molar-refractivity contribution in [3.63, 3.8) is 0 Å². The zero-order valence-electron chi connectivity index (χ0n) is 8.69. The van der Waals surface area contributed by atoms with Gasteiger partial charge >= 0.3 is 6.15 Å². The fourth-order valence-corrected chi connectivity index (χ4v) is 0. The molecule has 0 radical (unpaired) electrons. The second kappa shape index (κ2) is 327. The molecule has 0 saturated heterocycles. The molecule has 0 spiro atoms. The Morgan fingerprint density at radius 1 is 0.867 bits per heavy atom. The Labute approximate surface area is 93.7 Å². The molecule has 0 N–H and O–H groups in total. The summed E-state index contributed by atoms with van der Waals surface area (Å²) in [5.41, 5.74) is 0. The number of ketones is 1. The average Bonchev–Trinajstić information content (AvgIpc) is 2.29. The summed E-state index contributed by atoms with van der Waals surface area (Å²) < 4.78 is 0. The van der Waals surface area contributed by atoms with Crippen molar-refractivity contribution in [2.75, 3.05) is 0 Å². The number of hydrogen-bond donors (Lipinski definition) is 0. The third-order valence-corrected chi connectivity index (χ3v) is 0. The number of thiocarbonyl (C=S) groups is 1. The summed E-state index contributed by atoms with van der Waals surface area (Å²) in [5, 5.41) is 0. The van der Waals surface area contributed by atoms with Crippen LogP contribution in [-0.4, -0.2) is 38.2 Å². The predicted molar refractivity (Wildman–Crippen MR) is 57.4 cm³/mol. The summed E-state index contributed by atoms with van der Waals surface area (Å²) in [4.78, 5) is 49.7. The Kier molecular flexibility index (Phi) is 827. The summed E-state index contributed by atoms with van der Waals surface area (Å²) in [6.45, 7) is 9.06. The fraction of sp³-hybridized carbons (Fsp3) is 0.250. The lowest BCUT2D eigenvalue weighted by Crippen LogP contribution is -1.69. The molecule has 0 aromatic carbocycles. The molecule has 0 fully saturated rings. The monoisotopic (exact) mass is 238 g/mol. The number of carbonyl (C=O) groups excluding carboxylic acids is 6. The number of hydrogen-bond acceptors (Lipinski definition) is 7. The van der Waals surface area contributed by atoms with Crippen molar-refractivity contribution in [2.45, 2.75) is 13.8 Å². The van der Waals surface area contributed by atoms with E-state index in [-0.39, 0.29) is 11.9 Å². The van der Waals surface area contributed by atoms with Crippen LogP contribution >= 0.6 is 12.2 Å². The topological polar surface area (TPSA) is 102 Å². The second-order valence-corrected chi connectivity index (χ2v) is 0.992. The van der Waals surface area contributed by atoms with Crippen LogP contribution in [0.15, 0.2) is 0 Å². The molecule has 0 amide bonds. The molecule has 0 unspecified atom stereocenters. The Hall–Kier alpha value is -1.85. The van der Waals surface area contributed by atoms with Gasteiger partial charge in [-0.05, 0) is 19.7 Å². The molecule has 0 rings (SSSR count). The van der Waals surface area contributed by atoms with Gasteiger partial charge in [0.25, 0.3) is 0 Å². The molecule has 0 atom stereocenters. The van der Waals surface area contributed by atoms with Crippen LogP contribution < -0.4 is 0 Å². The van der Waals surface area contributed by atoms with Crippen molar-refractivity contribution in [1.29, 1.82) is 0 Å². The molecule has 0 aliphatic rings. The van der Waals surface area contributed by atoms with Crippen LogP contribution in [-0.2, 0) is 28.8 Å². The largest absolute Gasteiger partial charge is 0.373 e. The van der Waals surface area contributed by atoms with Gasteiger partial charge < -0.3 is 19.2 Å². The molecule has 0 aliphatic heterocycles. The summed E-state index contributed by atoms with van der Waals surface area (Å²) in [6.07, 6.45) is 0.250. The molecule has 7 heteroatoms. The van der Waals surface area contributed by atoms with E-state index in [9.17, 15) is 4.79 Å². The van der Waals surface area contributed by atoms with Gasteiger partial charge in [0.2, 0.25) is 0 Å². The van der Waals surface area contributed by atoms with Crippen LogP contribution in [0.5, 0.6) is 0 Å². The Morgan fingerprint density at radius 3 is 0.867 bits per heavy atom. The minimum atomic E-state index is 0.167. The molecule has 0 aromatic heterocycles. The van der Waals surface area contributed by atoms with Crippen molar-refractivity contribution in [3.8, 4) is 0 Å². The van der Waals surface area contributed by atoms with Crippen LogP contribution in [0.1, 0.15) is 13.8 Å². The summed E-state index contributed by atoms with van der Waals surface area (Å²) in [5.74, 6) is 3.00. The van der Waals surface area contributed by atoms with Crippen LogP contribution in [0.3, 0.4) is 0 Å². The lowest BCUT2D eigenvalue weighted by Gasteiger charge is -1.56. The normalized spacial score (nSPS) is 3.33. The maximum Gasteiger partial charge on any atom is 0.373 e. The first kappa shape index (κ1) is 38.0. The summed E-state index contributed by atoms with van der Waals surface area (Å²) >= 11 is 3.83. The summed E-state index contributed by atoms with van der Waals surface area (Å²) in [6, 6.07) is 0. The molecular formula is C8H14O6S. The van der Waals surface area contributed by atoms with Gasteiger partial charge in [-0.1, -0.05) is 12.2 Å². The number of carbonyl (C=O) groups is 4. The van der Waals surface area contributed by atoms with Crippen molar-refractivity contribution in [1.82, 2.24) is 0 Å². The molecule has 6 nitrogen and oxygen atoms in total. The maximum atomic E-state index is 9.44. The van der Waals surface area contributed by atoms with Gasteiger partial charge in [-0.15, -0.1) is 0 Å². The highest BCUT2D eigenvalue weighted by Gasteiger charge is 1.62. The van der Waals surface area contributed by atoms with Crippen molar-refractivity contribution >= 4 is 50.4 Å². The summed E-state index contributed by atoms with van der Waals surface area (Å²) in [7, 11) is 0. The molecule has 88 valence electrons. The van der Waals surface area contributed by atoms with Gasteiger partial charge in [0.1, 0.15) is 26.2 Å². The molecule has 0 aromatic rings. The fourth-order valence-electron chi connectivity index (χ4n) is 0. The third-order valence-electron chi connectivity index (χ3n) is 0. The highest BCUT2D eigenvalue weighted by molar-refractivity contribution is 7.77. The molecule has 0 saturated carbocycles. The third kappa shape index (κ3) is 366. The van der Waals surface area contributed by atoms with Crippen molar-refractivity contribution < 1.29 is 28.8 Å². The lowest BCUT2D eigenvalue weighted by molar-refractivity contribution is -0.191. The van der Waals surface area contributed by atoms with E-state index in [1.807, 2.05) is 20.4 Å². The average molecular weight is 238 g/mol. The Bertz CT molecular complexity index is 121. The SMILES string of the molecule is C=O.C=O.C=O.C=S.CC(C)=O.O=C=O. The van der Waals surface area contributed by atoms with E-state index in [2.05, 4.69) is 18.1 Å². The van der Waals surface area contributed by atoms with Gasteiger partial charge in [-0.25, -0.2) is 0 Å². The van der Waals surface area contributed by atoms with E-state index < -0.39 is 0 Å². The minimum Gasteiger partial charge on any atom is -0.307 e. The smallest absolute Gasteiger partial charge is 0.307 e. The second-order valence-electron chi connectivity index (χ2n) is 0.992. The zero-order valence-corrected chi connectivity index (χ0v) is 9.50. The number of Topliss-reactive ketones (excluding diaryl/α,β-unsaturated/α-hetero) is 1. The quantitative estimate of drug-likeness (QED) is 0.550. The van der Waals surface area contributed by atoms with E-state index in [1.165, 1.54) is 13.8 Å². The first-order chi connectivity index (χ1) is 7.15. The maximum absolute atomic E-state index is 9.44. The van der Waals surface area contributed by atoms with Gasteiger partial charge in [0.05, 0.1) is 0 Å². The highest BCUT2D eigenvalue weighted by atomic mass is 32.1. The lowest BCUT2D eigenvalue weighted by atomic mass is 10.6. The first-order valence-corrected chi connectivity index (χ1v) is 3.34. The number of rotatable bonds is 0. The van der Waals surface area contributed by atoms with E-state index >= 15 is 0 Å². The first-order valence-electron chi connectivity index (χ1n) is 2.77. The molecule has 15 heavy (non-hydrogen) atoms. The van der Waals surface area contributed by atoms with Crippen LogP contribution in [0, 0.1) is 0 Å². The Morgan fingerprint density at radius 2 is 0.867 bits per heavy atom. The predicted octanol–water partition coefficient (Wildman–Crippen LogP) is 0.0730. The molecule has 0 heterocycles. The minimum absolute atomic E-state index is 0.167. The van der Waals surface area contributed by atoms with Crippen molar-refractivity contribution in [2.24, 2.45) is 0 Å². The van der Waals surface area contributed by atoms with Crippen LogP contribution in [0.2, 0.25) is 0 Å². The van der Waals surface area contributed by atoms with Crippen LogP contribution in [0.4, 0.5) is 0 Å². The highest BCUT2D eigenvalue weighted by Crippen LogP contribution is 1.50. The van der Waals surface area contributed by atoms with E-state index in [4.69, 9.17) is 24.0 Å². The molecule has 0 aliphatic carbocycles. The van der Waals surface area contributed by atoms with Crippen molar-refractivity contribution in [3.05, 3.63) is 0 Å². The van der Waals surface area contributed by atoms with E-state index in [0.29, 0.717) is 0 Å². The van der Waals surface area contributed by atoms with Crippen LogP contribution in [0.25, 0.3) is 0 Å². The Balaban J connectivity index is -0.0000000168.